The van der Waals surface area contributed by atoms with Gasteiger partial charge in [-0.15, -0.1) is 22.7 Å². The van der Waals surface area contributed by atoms with Gasteiger partial charge in [0.05, 0.1) is 24.3 Å². The molecule has 2 N–H and O–H groups in total. The van der Waals surface area contributed by atoms with E-state index in [2.05, 4.69) is 20.6 Å². The highest BCUT2D eigenvalue weighted by Gasteiger charge is 2.17. The van der Waals surface area contributed by atoms with Crippen molar-refractivity contribution in [2.75, 3.05) is 17.2 Å². The number of thiazole rings is 1. The summed E-state index contributed by atoms with van der Waals surface area (Å²) in [7, 11) is 0. The highest BCUT2D eigenvalue weighted by molar-refractivity contribution is 7.14. The first-order valence-corrected chi connectivity index (χ1v) is 9.99. The van der Waals surface area contributed by atoms with Gasteiger partial charge in [-0.3, -0.25) is 4.79 Å². The molecule has 3 rings (SSSR count). The summed E-state index contributed by atoms with van der Waals surface area (Å²) in [6, 6.07) is 5.47. The van der Waals surface area contributed by atoms with Gasteiger partial charge >= 0.3 is 5.97 Å². The molecule has 0 aliphatic rings. The van der Waals surface area contributed by atoms with Gasteiger partial charge in [0.2, 0.25) is 5.91 Å². The molecule has 0 unspecified atom stereocenters. The van der Waals surface area contributed by atoms with E-state index < -0.39 is 5.97 Å². The minimum absolute atomic E-state index is 0.111. The number of esters is 1. The monoisotopic (exact) mass is 402 g/mol. The van der Waals surface area contributed by atoms with Crippen LogP contribution < -0.4 is 10.6 Å². The second kappa shape index (κ2) is 8.74. The van der Waals surface area contributed by atoms with E-state index in [1.165, 1.54) is 22.7 Å². The molecule has 1 amide bonds. The van der Waals surface area contributed by atoms with Gasteiger partial charge in [0.15, 0.2) is 5.13 Å². The zero-order chi connectivity index (χ0) is 19.2. The summed E-state index contributed by atoms with van der Waals surface area (Å²) < 4.78 is 4.99. The van der Waals surface area contributed by atoms with Gasteiger partial charge in [-0.05, 0) is 43.0 Å². The highest BCUT2D eigenvalue weighted by Crippen LogP contribution is 2.25. The number of amides is 1. The molecule has 0 aromatic carbocycles. The Morgan fingerprint density at radius 2 is 2.11 bits per heavy atom. The summed E-state index contributed by atoms with van der Waals surface area (Å²) >= 11 is 2.68. The molecule has 0 spiro atoms. The Kier molecular flexibility index (Phi) is 6.15. The molecule has 3 aromatic heterocycles. The number of nitrogens with zero attached hydrogens (tertiary/aromatic N) is 2. The summed E-state index contributed by atoms with van der Waals surface area (Å²) in [5.41, 5.74) is 2.10. The second-order valence-corrected chi connectivity index (χ2v) is 7.37. The molecule has 7 nitrogen and oxygen atoms in total. The Morgan fingerprint density at radius 1 is 1.26 bits per heavy atom. The van der Waals surface area contributed by atoms with Gasteiger partial charge in [0, 0.05) is 11.6 Å². The number of carbonyl (C=O) groups excluding carboxylic acids is 2. The fourth-order valence-electron chi connectivity index (χ4n) is 2.27. The van der Waals surface area contributed by atoms with Crippen LogP contribution in [-0.2, 0) is 16.0 Å². The second-order valence-electron chi connectivity index (χ2n) is 5.60. The highest BCUT2D eigenvalue weighted by atomic mass is 32.1. The van der Waals surface area contributed by atoms with Crippen LogP contribution in [0.5, 0.6) is 0 Å². The van der Waals surface area contributed by atoms with E-state index in [1.54, 1.807) is 24.6 Å². The lowest BCUT2D eigenvalue weighted by molar-refractivity contribution is -0.115. The third-order valence-electron chi connectivity index (χ3n) is 3.46. The number of pyridine rings is 1. The Bertz CT molecular complexity index is 951. The zero-order valence-corrected chi connectivity index (χ0v) is 16.4. The van der Waals surface area contributed by atoms with Crippen molar-refractivity contribution in [3.63, 3.8) is 0 Å². The maximum absolute atomic E-state index is 12.3. The SMILES string of the molecule is CCOC(=O)c1ccsc1NC(=O)Cc1csc(Nc2cc(C)ccn2)n1. The first kappa shape index (κ1) is 19.0. The minimum atomic E-state index is -0.445. The number of anilines is 3. The summed E-state index contributed by atoms with van der Waals surface area (Å²) in [4.78, 5) is 32.8. The third-order valence-corrected chi connectivity index (χ3v) is 5.09. The van der Waals surface area contributed by atoms with Gasteiger partial charge in [-0.2, -0.15) is 0 Å². The van der Waals surface area contributed by atoms with E-state index in [-0.39, 0.29) is 18.9 Å². The average Bonchev–Trinajstić information content (AvgIpc) is 3.24. The van der Waals surface area contributed by atoms with Crippen LogP contribution in [0.4, 0.5) is 16.0 Å². The summed E-state index contributed by atoms with van der Waals surface area (Å²) in [6.45, 7) is 4.01. The van der Waals surface area contributed by atoms with Gasteiger partial charge in [0.25, 0.3) is 0 Å². The number of ether oxygens (including phenoxy) is 1. The first-order chi connectivity index (χ1) is 13.0. The van der Waals surface area contributed by atoms with Gasteiger partial charge in [-0.25, -0.2) is 14.8 Å². The van der Waals surface area contributed by atoms with Crippen LogP contribution in [0, 0.1) is 6.92 Å². The van der Waals surface area contributed by atoms with E-state index in [0.29, 0.717) is 27.2 Å². The molecule has 0 saturated carbocycles. The fraction of sp³-hybridized carbons (Fsp3) is 0.222. The average molecular weight is 403 g/mol. The van der Waals surface area contributed by atoms with E-state index in [4.69, 9.17) is 4.74 Å². The molecule has 0 saturated heterocycles. The summed E-state index contributed by atoms with van der Waals surface area (Å²) in [5, 5.41) is 10.6. The smallest absolute Gasteiger partial charge is 0.341 e. The normalized spacial score (nSPS) is 10.4. The fourth-order valence-corrected chi connectivity index (χ4v) is 3.78. The van der Waals surface area contributed by atoms with Crippen LogP contribution in [0.3, 0.4) is 0 Å². The van der Waals surface area contributed by atoms with E-state index in [1.807, 2.05) is 24.4 Å². The molecule has 140 valence electrons. The van der Waals surface area contributed by atoms with Crippen molar-refractivity contribution in [2.45, 2.75) is 20.3 Å². The molecule has 0 fully saturated rings. The largest absolute Gasteiger partial charge is 0.462 e. The van der Waals surface area contributed by atoms with Gasteiger partial charge in [-0.1, -0.05) is 0 Å². The molecule has 0 radical (unpaired) electrons. The quantitative estimate of drug-likeness (QED) is 0.580. The Morgan fingerprint density at radius 3 is 2.89 bits per heavy atom. The van der Waals surface area contributed by atoms with Crippen molar-refractivity contribution in [1.29, 1.82) is 0 Å². The van der Waals surface area contributed by atoms with Crippen LogP contribution in [0.25, 0.3) is 0 Å². The van der Waals surface area contributed by atoms with Gasteiger partial charge in [0.1, 0.15) is 10.8 Å². The predicted octanol–water partition coefficient (Wildman–Crippen LogP) is 4.01. The number of nitrogens with one attached hydrogen (secondary N) is 2. The summed E-state index contributed by atoms with van der Waals surface area (Å²) in [5.74, 6) is 0.0198. The number of hydrogen-bond donors (Lipinski definition) is 2. The number of aryl methyl sites for hydroxylation is 1. The van der Waals surface area contributed by atoms with E-state index in [9.17, 15) is 9.59 Å². The number of hydrogen-bond acceptors (Lipinski definition) is 8. The minimum Gasteiger partial charge on any atom is -0.462 e. The van der Waals surface area contributed by atoms with Crippen molar-refractivity contribution in [2.24, 2.45) is 0 Å². The molecular formula is C18H18N4O3S2. The summed E-state index contributed by atoms with van der Waals surface area (Å²) in [6.07, 6.45) is 1.83. The van der Waals surface area contributed by atoms with Crippen LogP contribution in [-0.4, -0.2) is 28.5 Å². The standard InChI is InChI=1S/C18H18N4O3S2/c1-3-25-17(24)13-5-7-26-16(13)22-15(23)9-12-10-27-18(20-12)21-14-8-11(2)4-6-19-14/h4-8,10H,3,9H2,1-2H3,(H,22,23)(H,19,20,21). The lowest BCUT2D eigenvalue weighted by atomic mass is 10.3. The maximum Gasteiger partial charge on any atom is 0.341 e. The van der Waals surface area contributed by atoms with E-state index >= 15 is 0 Å². The van der Waals surface area contributed by atoms with Crippen molar-refractivity contribution in [3.05, 3.63) is 52.0 Å². The molecule has 3 heterocycles. The van der Waals surface area contributed by atoms with E-state index in [0.717, 1.165) is 5.56 Å². The Hall–Kier alpha value is -2.78. The Labute approximate surface area is 164 Å². The molecule has 9 heteroatoms. The third kappa shape index (κ3) is 5.11. The van der Waals surface area contributed by atoms with Crippen molar-refractivity contribution < 1.29 is 14.3 Å². The zero-order valence-electron chi connectivity index (χ0n) is 14.8. The lowest BCUT2D eigenvalue weighted by Gasteiger charge is -2.05. The molecule has 0 aliphatic heterocycles. The lowest BCUT2D eigenvalue weighted by Crippen LogP contribution is -2.16. The van der Waals surface area contributed by atoms with Crippen LogP contribution in [0.1, 0.15) is 28.5 Å². The predicted molar refractivity (Wildman–Crippen MR) is 107 cm³/mol. The molecule has 27 heavy (non-hydrogen) atoms. The molecule has 3 aromatic rings. The number of rotatable bonds is 7. The van der Waals surface area contributed by atoms with Crippen LogP contribution >= 0.6 is 22.7 Å². The molecule has 0 aliphatic carbocycles. The number of carbonyl (C=O) groups is 2. The van der Waals surface area contributed by atoms with Crippen LogP contribution in [0.15, 0.2) is 35.2 Å². The number of thiophene rings is 1. The Balaban J connectivity index is 1.60. The van der Waals surface area contributed by atoms with Crippen LogP contribution in [0.2, 0.25) is 0 Å². The molecule has 0 bridgehead atoms. The van der Waals surface area contributed by atoms with Crippen molar-refractivity contribution >= 4 is 50.5 Å². The topological polar surface area (TPSA) is 93.2 Å². The maximum atomic E-state index is 12.3. The van der Waals surface area contributed by atoms with Gasteiger partial charge < -0.3 is 15.4 Å². The molecule has 0 atom stereocenters. The molecular weight excluding hydrogens is 384 g/mol. The number of aromatic nitrogens is 2. The van der Waals surface area contributed by atoms with Crippen molar-refractivity contribution in [1.82, 2.24) is 9.97 Å². The first-order valence-electron chi connectivity index (χ1n) is 8.23. The van der Waals surface area contributed by atoms with Crippen molar-refractivity contribution in [3.8, 4) is 0 Å².